The van der Waals surface area contributed by atoms with Crippen molar-refractivity contribution < 1.29 is 9.59 Å². The van der Waals surface area contributed by atoms with Gasteiger partial charge in [-0.3, -0.25) is 9.59 Å². The predicted molar refractivity (Wildman–Crippen MR) is 124 cm³/mol. The third kappa shape index (κ3) is 6.18. The van der Waals surface area contributed by atoms with Gasteiger partial charge in [-0.2, -0.15) is 0 Å². The second-order valence-electron chi connectivity index (χ2n) is 8.49. The molecular formula is C25H31BrN2O2. The molecule has 5 heteroatoms. The van der Waals surface area contributed by atoms with Crippen LogP contribution in [0, 0.1) is 13.8 Å². The number of halogens is 1. The smallest absolute Gasteiger partial charge is 0.242 e. The molecule has 0 saturated heterocycles. The third-order valence-corrected chi connectivity index (χ3v) is 6.24. The number of nitrogens with one attached hydrogen (secondary N) is 1. The molecule has 0 spiro atoms. The summed E-state index contributed by atoms with van der Waals surface area (Å²) in [4.78, 5) is 28.0. The van der Waals surface area contributed by atoms with Crippen LogP contribution in [-0.2, 0) is 22.6 Å². The lowest BCUT2D eigenvalue weighted by Gasteiger charge is -2.30. The largest absolute Gasteiger partial charge is 0.352 e. The molecule has 1 aliphatic carbocycles. The van der Waals surface area contributed by atoms with Crippen LogP contribution >= 0.6 is 15.9 Å². The highest BCUT2D eigenvalue weighted by Gasteiger charge is 2.28. The summed E-state index contributed by atoms with van der Waals surface area (Å²) in [6, 6.07) is 13.8. The van der Waals surface area contributed by atoms with Crippen LogP contribution in [0.1, 0.15) is 54.9 Å². The number of amides is 2. The summed E-state index contributed by atoms with van der Waals surface area (Å²) in [5.41, 5.74) is 4.27. The van der Waals surface area contributed by atoms with Crippen molar-refractivity contribution in [2.45, 2.75) is 71.5 Å². The van der Waals surface area contributed by atoms with E-state index in [0.29, 0.717) is 6.54 Å². The average molecular weight is 471 g/mol. The first-order valence-corrected chi connectivity index (χ1v) is 11.5. The Balaban J connectivity index is 1.79. The summed E-state index contributed by atoms with van der Waals surface area (Å²) in [6.45, 7) is 6.32. The second-order valence-corrected chi connectivity index (χ2v) is 9.41. The first-order valence-electron chi connectivity index (χ1n) is 10.7. The Bertz CT molecular complexity index is 886. The van der Waals surface area contributed by atoms with Crippen LogP contribution in [0.5, 0.6) is 0 Å². The number of rotatable bonds is 7. The van der Waals surface area contributed by atoms with Gasteiger partial charge >= 0.3 is 0 Å². The van der Waals surface area contributed by atoms with Crippen LogP contribution in [0.3, 0.4) is 0 Å². The molecule has 2 aromatic carbocycles. The van der Waals surface area contributed by atoms with Gasteiger partial charge in [0.25, 0.3) is 0 Å². The van der Waals surface area contributed by atoms with E-state index in [1.807, 2.05) is 57.2 Å². The molecule has 1 aliphatic rings. The second kappa shape index (κ2) is 10.3. The minimum absolute atomic E-state index is 0.0333. The van der Waals surface area contributed by atoms with Crippen LogP contribution in [0.25, 0.3) is 0 Å². The maximum atomic E-state index is 13.3. The number of benzene rings is 2. The van der Waals surface area contributed by atoms with E-state index in [2.05, 4.69) is 27.3 Å². The fourth-order valence-electron chi connectivity index (χ4n) is 4.25. The Morgan fingerprint density at radius 3 is 2.37 bits per heavy atom. The number of hydrogen-bond donors (Lipinski definition) is 1. The van der Waals surface area contributed by atoms with E-state index in [9.17, 15) is 9.59 Å². The van der Waals surface area contributed by atoms with Gasteiger partial charge in [-0.05, 0) is 56.9 Å². The van der Waals surface area contributed by atoms with Crippen molar-refractivity contribution in [1.82, 2.24) is 10.2 Å². The highest BCUT2D eigenvalue weighted by molar-refractivity contribution is 9.10. The number of hydrogen-bond acceptors (Lipinski definition) is 2. The zero-order chi connectivity index (χ0) is 21.7. The molecule has 1 atom stereocenters. The normalized spacial score (nSPS) is 15.1. The molecule has 1 unspecified atom stereocenters. The fourth-order valence-corrected chi connectivity index (χ4v) is 4.70. The van der Waals surface area contributed by atoms with Crippen LogP contribution < -0.4 is 5.32 Å². The molecule has 1 N–H and O–H groups in total. The lowest BCUT2D eigenvalue weighted by molar-refractivity contribution is -0.140. The molecule has 3 rings (SSSR count). The standard InChI is InChI=1S/C25H31BrN2O2/c1-17-11-18(2)13-21(12-17)15-24(29)28(16-20-7-6-8-22(26)14-20)19(3)25(30)27-23-9-4-5-10-23/h6-8,11-14,19,23H,4-5,9-10,15-16H2,1-3H3,(H,27,30). The first kappa shape index (κ1) is 22.5. The van der Waals surface area contributed by atoms with Crippen molar-refractivity contribution in [2.75, 3.05) is 0 Å². The van der Waals surface area contributed by atoms with E-state index in [1.165, 1.54) is 0 Å². The Kier molecular flexibility index (Phi) is 7.70. The SMILES string of the molecule is Cc1cc(C)cc(CC(=O)N(Cc2cccc(Br)c2)C(C)C(=O)NC2CCCC2)c1. The van der Waals surface area contributed by atoms with Gasteiger partial charge in [0.05, 0.1) is 6.42 Å². The molecule has 0 bridgehead atoms. The Morgan fingerprint density at radius 1 is 1.07 bits per heavy atom. The minimum atomic E-state index is -0.525. The van der Waals surface area contributed by atoms with Crippen LogP contribution in [-0.4, -0.2) is 28.8 Å². The van der Waals surface area contributed by atoms with Gasteiger partial charge in [-0.25, -0.2) is 0 Å². The third-order valence-electron chi connectivity index (χ3n) is 5.75. The molecule has 30 heavy (non-hydrogen) atoms. The highest BCUT2D eigenvalue weighted by atomic mass is 79.9. The van der Waals surface area contributed by atoms with E-state index in [-0.39, 0.29) is 24.3 Å². The Labute approximate surface area is 188 Å². The summed E-state index contributed by atoms with van der Waals surface area (Å²) in [6.07, 6.45) is 4.66. The van der Waals surface area contributed by atoms with Crippen molar-refractivity contribution in [3.05, 3.63) is 69.2 Å². The van der Waals surface area contributed by atoms with Crippen molar-refractivity contribution in [2.24, 2.45) is 0 Å². The van der Waals surface area contributed by atoms with Gasteiger partial charge in [0.15, 0.2) is 0 Å². The van der Waals surface area contributed by atoms with Crippen LogP contribution in [0.15, 0.2) is 46.9 Å². The van der Waals surface area contributed by atoms with Gasteiger partial charge in [-0.15, -0.1) is 0 Å². The topological polar surface area (TPSA) is 49.4 Å². The first-order chi connectivity index (χ1) is 14.3. The van der Waals surface area contributed by atoms with Crippen molar-refractivity contribution in [3.63, 3.8) is 0 Å². The molecule has 4 nitrogen and oxygen atoms in total. The number of aryl methyl sites for hydroxylation is 2. The predicted octanol–water partition coefficient (Wildman–Crippen LogP) is 5.08. The van der Waals surface area contributed by atoms with Crippen molar-refractivity contribution in [1.29, 1.82) is 0 Å². The molecule has 1 saturated carbocycles. The Hall–Kier alpha value is -2.14. The minimum Gasteiger partial charge on any atom is -0.352 e. The molecule has 0 aliphatic heterocycles. The zero-order valence-electron chi connectivity index (χ0n) is 18.1. The lowest BCUT2D eigenvalue weighted by atomic mass is 10.0. The molecule has 0 heterocycles. The summed E-state index contributed by atoms with van der Waals surface area (Å²) in [5.74, 6) is -0.0975. The van der Waals surface area contributed by atoms with Gasteiger partial charge < -0.3 is 10.2 Å². The van der Waals surface area contributed by atoms with Crippen molar-refractivity contribution >= 4 is 27.7 Å². The van der Waals surface area contributed by atoms with E-state index in [1.54, 1.807) is 4.90 Å². The highest BCUT2D eigenvalue weighted by Crippen LogP contribution is 2.20. The number of nitrogens with zero attached hydrogens (tertiary/aromatic N) is 1. The molecule has 160 valence electrons. The van der Waals surface area contributed by atoms with E-state index in [4.69, 9.17) is 0 Å². The lowest BCUT2D eigenvalue weighted by Crippen LogP contribution is -2.50. The summed E-state index contributed by atoms with van der Waals surface area (Å²) in [5, 5.41) is 3.15. The van der Waals surface area contributed by atoms with E-state index < -0.39 is 6.04 Å². The monoisotopic (exact) mass is 470 g/mol. The molecule has 0 aromatic heterocycles. The van der Waals surface area contributed by atoms with Gasteiger partial charge in [-0.1, -0.05) is 70.2 Å². The van der Waals surface area contributed by atoms with Gasteiger partial charge in [0.1, 0.15) is 6.04 Å². The molecule has 1 fully saturated rings. The average Bonchev–Trinajstić information content (AvgIpc) is 3.17. The summed E-state index contributed by atoms with van der Waals surface area (Å²) >= 11 is 3.50. The molecule has 2 amide bonds. The molecule has 0 radical (unpaired) electrons. The van der Waals surface area contributed by atoms with Crippen LogP contribution in [0.2, 0.25) is 0 Å². The quantitative estimate of drug-likeness (QED) is 0.612. The maximum absolute atomic E-state index is 13.3. The van der Waals surface area contributed by atoms with E-state index >= 15 is 0 Å². The summed E-state index contributed by atoms with van der Waals surface area (Å²) < 4.78 is 0.963. The molecular weight excluding hydrogens is 440 g/mol. The number of carbonyl (C=O) groups excluding carboxylic acids is 2. The Morgan fingerprint density at radius 2 is 1.73 bits per heavy atom. The fraction of sp³-hybridized carbons (Fsp3) is 0.440. The van der Waals surface area contributed by atoms with Crippen molar-refractivity contribution in [3.8, 4) is 0 Å². The number of carbonyl (C=O) groups is 2. The van der Waals surface area contributed by atoms with Gasteiger partial charge in [0, 0.05) is 17.1 Å². The van der Waals surface area contributed by atoms with Gasteiger partial charge in [0.2, 0.25) is 11.8 Å². The van der Waals surface area contributed by atoms with E-state index in [0.717, 1.165) is 52.4 Å². The summed E-state index contributed by atoms with van der Waals surface area (Å²) in [7, 11) is 0. The maximum Gasteiger partial charge on any atom is 0.242 e. The van der Waals surface area contributed by atoms with Crippen LogP contribution in [0.4, 0.5) is 0 Å². The molecule has 2 aromatic rings. The zero-order valence-corrected chi connectivity index (χ0v) is 19.7.